The molecule has 1 aliphatic heterocycles. The highest BCUT2D eigenvalue weighted by Crippen LogP contribution is 2.24. The van der Waals surface area contributed by atoms with Crippen LogP contribution in [-0.4, -0.2) is 43.1 Å². The Kier molecular flexibility index (Phi) is 11.2. The van der Waals surface area contributed by atoms with E-state index in [1.54, 1.807) is 0 Å². The summed E-state index contributed by atoms with van der Waals surface area (Å²) in [6.45, 7) is 8.08. The minimum atomic E-state index is -0.204. The Morgan fingerprint density at radius 1 is 1.15 bits per heavy atom. The van der Waals surface area contributed by atoms with Crippen molar-refractivity contribution >= 4 is 41.7 Å². The number of carbonyl (C=O) groups is 1. The third-order valence-corrected chi connectivity index (χ3v) is 5.53. The van der Waals surface area contributed by atoms with Crippen LogP contribution in [0.25, 0.3) is 0 Å². The SMILES string of the molecule is CCNC(=NCc1ccccc1OCC)NCc1cccnc1N1CCC(C(N)=O)CC1.I. The van der Waals surface area contributed by atoms with Crippen molar-refractivity contribution in [1.82, 2.24) is 15.6 Å². The normalized spacial score (nSPS) is 14.4. The zero-order valence-corrected chi connectivity index (χ0v) is 21.7. The fourth-order valence-electron chi connectivity index (χ4n) is 3.84. The first kappa shape index (κ1) is 26.7. The molecule has 1 saturated heterocycles. The van der Waals surface area contributed by atoms with Crippen molar-refractivity contribution in [2.24, 2.45) is 16.6 Å². The predicted octanol–water partition coefficient (Wildman–Crippen LogP) is 3.06. The fraction of sp³-hybridized carbons (Fsp3) is 0.458. The summed E-state index contributed by atoms with van der Waals surface area (Å²) < 4.78 is 5.71. The molecule has 0 unspecified atom stereocenters. The Morgan fingerprint density at radius 3 is 2.58 bits per heavy atom. The summed E-state index contributed by atoms with van der Waals surface area (Å²) in [6.07, 6.45) is 3.34. The summed E-state index contributed by atoms with van der Waals surface area (Å²) in [5.41, 5.74) is 7.61. The van der Waals surface area contributed by atoms with Gasteiger partial charge in [-0.1, -0.05) is 24.3 Å². The van der Waals surface area contributed by atoms with Gasteiger partial charge in [-0.15, -0.1) is 24.0 Å². The van der Waals surface area contributed by atoms with E-state index in [9.17, 15) is 4.79 Å². The summed E-state index contributed by atoms with van der Waals surface area (Å²) in [7, 11) is 0. The lowest BCUT2D eigenvalue weighted by Gasteiger charge is -2.32. The van der Waals surface area contributed by atoms with Crippen molar-refractivity contribution in [1.29, 1.82) is 0 Å². The number of para-hydroxylation sites is 1. The highest BCUT2D eigenvalue weighted by atomic mass is 127. The maximum atomic E-state index is 11.5. The number of nitrogens with one attached hydrogen (secondary N) is 2. The van der Waals surface area contributed by atoms with Crippen LogP contribution in [0.3, 0.4) is 0 Å². The molecule has 0 bridgehead atoms. The second kappa shape index (κ2) is 13.9. The fourth-order valence-corrected chi connectivity index (χ4v) is 3.84. The molecule has 0 aliphatic carbocycles. The highest BCUT2D eigenvalue weighted by molar-refractivity contribution is 14.0. The molecule has 180 valence electrons. The van der Waals surface area contributed by atoms with Gasteiger partial charge in [-0.2, -0.15) is 0 Å². The number of pyridine rings is 1. The number of rotatable bonds is 9. The first-order valence-electron chi connectivity index (χ1n) is 11.3. The summed E-state index contributed by atoms with van der Waals surface area (Å²) in [5.74, 6) is 2.30. The van der Waals surface area contributed by atoms with Crippen molar-refractivity contribution in [3.05, 3.63) is 53.7 Å². The van der Waals surface area contributed by atoms with E-state index in [0.29, 0.717) is 19.7 Å². The van der Waals surface area contributed by atoms with Crippen LogP contribution in [-0.2, 0) is 17.9 Å². The van der Waals surface area contributed by atoms with Crippen molar-refractivity contribution in [3.8, 4) is 5.75 Å². The minimum absolute atomic E-state index is 0. The van der Waals surface area contributed by atoms with Crippen LogP contribution >= 0.6 is 24.0 Å². The Balaban J connectivity index is 0.00000385. The third-order valence-electron chi connectivity index (χ3n) is 5.53. The molecule has 1 aliphatic rings. The molecule has 9 heteroatoms. The van der Waals surface area contributed by atoms with Gasteiger partial charge in [0.05, 0.1) is 13.2 Å². The zero-order chi connectivity index (χ0) is 22.8. The number of aliphatic imine (C=N–C) groups is 1. The van der Waals surface area contributed by atoms with Gasteiger partial charge in [0.15, 0.2) is 5.96 Å². The monoisotopic (exact) mass is 566 g/mol. The number of primary amides is 1. The van der Waals surface area contributed by atoms with Gasteiger partial charge in [0, 0.05) is 49.4 Å². The van der Waals surface area contributed by atoms with Crippen LogP contribution in [0.2, 0.25) is 0 Å². The lowest BCUT2D eigenvalue weighted by atomic mass is 9.96. The van der Waals surface area contributed by atoms with E-state index in [4.69, 9.17) is 15.5 Å². The van der Waals surface area contributed by atoms with Gasteiger partial charge in [0.2, 0.25) is 5.91 Å². The number of nitrogens with two attached hydrogens (primary N) is 1. The lowest BCUT2D eigenvalue weighted by molar-refractivity contribution is -0.122. The number of piperidine rings is 1. The van der Waals surface area contributed by atoms with Crippen LogP contribution in [0.15, 0.2) is 47.6 Å². The average Bonchev–Trinajstić information content (AvgIpc) is 2.82. The Morgan fingerprint density at radius 2 is 1.88 bits per heavy atom. The van der Waals surface area contributed by atoms with Crippen LogP contribution in [0.4, 0.5) is 5.82 Å². The topological polar surface area (TPSA) is 105 Å². The van der Waals surface area contributed by atoms with Gasteiger partial charge in [0.25, 0.3) is 0 Å². The van der Waals surface area contributed by atoms with E-state index in [0.717, 1.165) is 61.1 Å². The van der Waals surface area contributed by atoms with E-state index in [1.807, 2.05) is 50.4 Å². The molecule has 33 heavy (non-hydrogen) atoms. The summed E-state index contributed by atoms with van der Waals surface area (Å²) in [5, 5.41) is 6.73. The maximum absolute atomic E-state index is 11.5. The molecule has 0 saturated carbocycles. The van der Waals surface area contributed by atoms with Crippen molar-refractivity contribution in [3.63, 3.8) is 0 Å². The number of halogens is 1. The number of amides is 1. The summed E-state index contributed by atoms with van der Waals surface area (Å²) >= 11 is 0. The molecule has 1 aromatic carbocycles. The van der Waals surface area contributed by atoms with E-state index in [1.165, 1.54) is 0 Å². The van der Waals surface area contributed by atoms with E-state index < -0.39 is 0 Å². The highest BCUT2D eigenvalue weighted by Gasteiger charge is 2.24. The Hall–Kier alpha value is -2.56. The summed E-state index contributed by atoms with van der Waals surface area (Å²) in [4.78, 5) is 23.1. The first-order chi connectivity index (χ1) is 15.6. The number of guanidine groups is 1. The molecule has 0 atom stereocenters. The molecule has 4 N–H and O–H groups in total. The van der Waals surface area contributed by atoms with Gasteiger partial charge in [0.1, 0.15) is 11.6 Å². The maximum Gasteiger partial charge on any atom is 0.220 e. The van der Waals surface area contributed by atoms with Crippen LogP contribution < -0.4 is 26.0 Å². The first-order valence-corrected chi connectivity index (χ1v) is 11.3. The number of hydrogen-bond acceptors (Lipinski definition) is 5. The molecule has 1 aromatic heterocycles. The van der Waals surface area contributed by atoms with Gasteiger partial charge < -0.3 is 26.0 Å². The number of ether oxygens (including phenoxy) is 1. The number of hydrogen-bond donors (Lipinski definition) is 3. The van der Waals surface area contributed by atoms with Crippen molar-refractivity contribution in [2.75, 3.05) is 31.1 Å². The van der Waals surface area contributed by atoms with E-state index >= 15 is 0 Å². The predicted molar refractivity (Wildman–Crippen MR) is 143 cm³/mol. The van der Waals surface area contributed by atoms with Crippen LogP contribution in [0.1, 0.15) is 37.8 Å². The van der Waals surface area contributed by atoms with Crippen molar-refractivity contribution in [2.45, 2.75) is 39.8 Å². The molecule has 1 amide bonds. The number of carbonyl (C=O) groups excluding carboxylic acids is 1. The van der Waals surface area contributed by atoms with Crippen molar-refractivity contribution < 1.29 is 9.53 Å². The molecule has 3 rings (SSSR count). The molecule has 8 nitrogen and oxygen atoms in total. The smallest absolute Gasteiger partial charge is 0.220 e. The van der Waals surface area contributed by atoms with Crippen LogP contribution in [0, 0.1) is 5.92 Å². The number of aromatic nitrogens is 1. The third kappa shape index (κ3) is 7.76. The number of nitrogens with zero attached hydrogens (tertiary/aromatic N) is 3. The minimum Gasteiger partial charge on any atom is -0.494 e. The molecular formula is C24H35IN6O2. The molecule has 2 heterocycles. The van der Waals surface area contributed by atoms with Gasteiger partial charge in [-0.25, -0.2) is 9.98 Å². The lowest BCUT2D eigenvalue weighted by Crippen LogP contribution is -2.40. The molecule has 1 fully saturated rings. The standard InChI is InChI=1S/C24H34N6O2.HI/c1-3-26-24(28-16-19-8-5-6-10-21(19)32-4-2)29-17-20-9-7-13-27-23(20)30-14-11-18(12-15-30)22(25)31;/h5-10,13,18H,3-4,11-12,14-17H2,1-2H3,(H2,25,31)(H2,26,28,29);1H. The summed E-state index contributed by atoms with van der Waals surface area (Å²) in [6, 6.07) is 12.0. The largest absolute Gasteiger partial charge is 0.494 e. The van der Waals surface area contributed by atoms with Gasteiger partial charge >= 0.3 is 0 Å². The molecule has 2 aromatic rings. The Bertz CT molecular complexity index is 915. The van der Waals surface area contributed by atoms with Gasteiger partial charge in [-0.05, 0) is 38.8 Å². The quantitative estimate of drug-likeness (QED) is 0.245. The van der Waals surface area contributed by atoms with Gasteiger partial charge in [-0.3, -0.25) is 4.79 Å². The zero-order valence-electron chi connectivity index (χ0n) is 19.4. The second-order valence-corrected chi connectivity index (χ2v) is 7.74. The second-order valence-electron chi connectivity index (χ2n) is 7.74. The van der Waals surface area contributed by atoms with E-state index in [2.05, 4.69) is 26.6 Å². The van der Waals surface area contributed by atoms with Crippen LogP contribution in [0.5, 0.6) is 5.75 Å². The molecule has 0 spiro atoms. The molecule has 0 radical (unpaired) electrons. The number of anilines is 1. The molecular weight excluding hydrogens is 531 g/mol. The van der Waals surface area contributed by atoms with E-state index in [-0.39, 0.29) is 35.8 Å². The number of benzene rings is 1. The Labute approximate surface area is 213 Å². The average molecular weight is 566 g/mol.